The Bertz CT molecular complexity index is 1110. The average Bonchev–Trinajstić information content (AvgIpc) is 3.21. The van der Waals surface area contributed by atoms with E-state index in [4.69, 9.17) is 4.98 Å². The molecule has 2 saturated carbocycles. The number of fused-ring (bicyclic) bond motifs is 5. The van der Waals surface area contributed by atoms with E-state index in [1.54, 1.807) is 0 Å². The van der Waals surface area contributed by atoms with Crippen LogP contribution in [0.25, 0.3) is 11.0 Å². The zero-order valence-corrected chi connectivity index (χ0v) is 23.0. The number of carboxylic acid groups (broad SMARTS) is 1. The molecule has 1 aromatic heterocycles. The first-order valence-electron chi connectivity index (χ1n) is 15.8. The van der Waals surface area contributed by atoms with Crippen LogP contribution < -0.4 is 0 Å². The molecule has 0 spiro atoms. The Labute approximate surface area is 227 Å². The summed E-state index contributed by atoms with van der Waals surface area (Å²) in [5, 5.41) is 9.25. The molecule has 2 aliphatic carbocycles. The lowest BCUT2D eigenvalue weighted by Crippen LogP contribution is -2.58. The number of nitrogens with zero attached hydrogens (tertiary/aromatic N) is 4. The summed E-state index contributed by atoms with van der Waals surface area (Å²) in [6.07, 6.45) is 19.0. The van der Waals surface area contributed by atoms with Gasteiger partial charge in [0.1, 0.15) is 5.82 Å². The van der Waals surface area contributed by atoms with Gasteiger partial charge in [-0.1, -0.05) is 44.2 Å². The van der Waals surface area contributed by atoms with Gasteiger partial charge >= 0.3 is 5.97 Å². The molecule has 2 aromatic rings. The molecule has 0 unspecified atom stereocenters. The zero-order chi connectivity index (χ0) is 25.6. The van der Waals surface area contributed by atoms with Gasteiger partial charge in [-0.25, -0.2) is 4.98 Å². The van der Waals surface area contributed by atoms with Gasteiger partial charge in [-0.05, 0) is 94.8 Å². The van der Waals surface area contributed by atoms with Gasteiger partial charge in [0.05, 0.1) is 17.6 Å². The standard InChI is InChI=1S/C32H46N4O2/c37-31(38)21-34-14-12-24(13-15-34)32-33-29-10-3-4-11-30(29)36(32)28-19-25-8-5-9-26(20-28)35(25)27-17-22-6-1-2-7-23(16-22)18-27/h3-4,10-11,22-28H,1-2,5-9,12-21H2,(H,37,38)/t22-,23+,25-,26+,27-,28-. The van der Waals surface area contributed by atoms with Crippen molar-refractivity contribution in [2.45, 2.75) is 120 Å². The molecule has 5 aliphatic rings. The molecule has 4 bridgehead atoms. The van der Waals surface area contributed by atoms with Gasteiger partial charge in [0.25, 0.3) is 0 Å². The number of hydrogen-bond acceptors (Lipinski definition) is 4. The number of benzene rings is 1. The number of imidazole rings is 1. The first-order valence-corrected chi connectivity index (χ1v) is 15.8. The van der Waals surface area contributed by atoms with E-state index in [1.807, 2.05) is 0 Å². The Morgan fingerprint density at radius 2 is 1.47 bits per heavy atom. The lowest BCUT2D eigenvalue weighted by molar-refractivity contribution is -0.138. The van der Waals surface area contributed by atoms with Gasteiger partial charge in [-0.2, -0.15) is 0 Å². The number of aliphatic carboxylic acids is 1. The van der Waals surface area contributed by atoms with Crippen LogP contribution in [0, 0.1) is 11.8 Å². The van der Waals surface area contributed by atoms with E-state index in [0.717, 1.165) is 61.4 Å². The summed E-state index contributed by atoms with van der Waals surface area (Å²) < 4.78 is 2.68. The highest BCUT2D eigenvalue weighted by Gasteiger charge is 2.45. The second-order valence-corrected chi connectivity index (χ2v) is 13.5. The second kappa shape index (κ2) is 10.6. The predicted molar refractivity (Wildman–Crippen MR) is 150 cm³/mol. The molecule has 38 heavy (non-hydrogen) atoms. The van der Waals surface area contributed by atoms with Gasteiger partial charge in [-0.3, -0.25) is 14.6 Å². The Hall–Kier alpha value is -1.92. The minimum atomic E-state index is -0.716. The number of piperidine rings is 3. The molecule has 1 N–H and O–H groups in total. The molecular weight excluding hydrogens is 472 g/mol. The smallest absolute Gasteiger partial charge is 0.317 e. The van der Waals surface area contributed by atoms with Crippen LogP contribution in [0.2, 0.25) is 0 Å². The number of carboxylic acids is 1. The Kier molecular flexibility index (Phi) is 6.98. The van der Waals surface area contributed by atoms with Crippen molar-refractivity contribution in [3.05, 3.63) is 30.1 Å². The van der Waals surface area contributed by atoms with E-state index in [-0.39, 0.29) is 6.54 Å². The van der Waals surface area contributed by atoms with Gasteiger partial charge in [0.15, 0.2) is 0 Å². The molecule has 1 aromatic carbocycles. The largest absolute Gasteiger partial charge is 0.480 e. The van der Waals surface area contributed by atoms with Crippen molar-refractivity contribution >= 4 is 17.0 Å². The van der Waals surface area contributed by atoms with E-state index in [9.17, 15) is 9.90 Å². The van der Waals surface area contributed by atoms with Crippen LogP contribution in [0.4, 0.5) is 0 Å². The van der Waals surface area contributed by atoms with E-state index in [0.29, 0.717) is 12.0 Å². The predicted octanol–water partition coefficient (Wildman–Crippen LogP) is 6.22. The van der Waals surface area contributed by atoms with E-state index in [2.05, 4.69) is 38.6 Å². The third-order valence-electron chi connectivity index (χ3n) is 11.1. The molecule has 6 heteroatoms. The van der Waals surface area contributed by atoms with Crippen LogP contribution in [0.1, 0.15) is 108 Å². The van der Waals surface area contributed by atoms with E-state index in [1.165, 1.54) is 88.4 Å². The first kappa shape index (κ1) is 25.1. The van der Waals surface area contributed by atoms with Crippen molar-refractivity contribution in [2.24, 2.45) is 11.8 Å². The third kappa shape index (κ3) is 4.81. The number of hydrogen-bond donors (Lipinski definition) is 1. The van der Waals surface area contributed by atoms with Crippen LogP contribution in [-0.2, 0) is 4.79 Å². The van der Waals surface area contributed by atoms with Gasteiger partial charge in [0, 0.05) is 30.1 Å². The second-order valence-electron chi connectivity index (χ2n) is 13.5. The molecule has 4 heterocycles. The van der Waals surface area contributed by atoms with Crippen LogP contribution in [-0.4, -0.2) is 68.2 Å². The number of aromatic nitrogens is 2. The van der Waals surface area contributed by atoms with Crippen LogP contribution >= 0.6 is 0 Å². The Balaban J connectivity index is 1.14. The summed E-state index contributed by atoms with van der Waals surface area (Å²) >= 11 is 0. The lowest BCUT2D eigenvalue weighted by atomic mass is 9.73. The summed E-state index contributed by atoms with van der Waals surface area (Å²) in [6.45, 7) is 1.87. The highest BCUT2D eigenvalue weighted by Crippen LogP contribution is 2.48. The molecular formula is C32H46N4O2. The maximum absolute atomic E-state index is 11.2. The average molecular weight is 519 g/mol. The van der Waals surface area contributed by atoms with Crippen LogP contribution in [0.15, 0.2) is 24.3 Å². The fraction of sp³-hybridized carbons (Fsp3) is 0.750. The van der Waals surface area contributed by atoms with Crippen molar-refractivity contribution in [1.82, 2.24) is 19.4 Å². The van der Waals surface area contributed by atoms with Gasteiger partial charge < -0.3 is 9.67 Å². The van der Waals surface area contributed by atoms with Crippen LogP contribution in [0.3, 0.4) is 0 Å². The first-order chi connectivity index (χ1) is 18.6. The summed E-state index contributed by atoms with van der Waals surface area (Å²) in [7, 11) is 0. The SMILES string of the molecule is O=C(O)CN1CCC(c2nc3ccccc3n2[C@@H]2C[C@H]3CCC[C@@H](C2)N3[C@@H]2C[C@@H]3CCCC[C@@H](C3)C2)CC1. The third-order valence-corrected chi connectivity index (χ3v) is 11.1. The van der Waals surface area contributed by atoms with Crippen LogP contribution in [0.5, 0.6) is 0 Å². The normalized spacial score (nSPS) is 35.3. The number of rotatable bonds is 5. The fourth-order valence-corrected chi connectivity index (χ4v) is 9.58. The van der Waals surface area contributed by atoms with Gasteiger partial charge in [-0.15, -0.1) is 0 Å². The van der Waals surface area contributed by atoms with Gasteiger partial charge in [0.2, 0.25) is 0 Å². The number of para-hydroxylation sites is 2. The molecule has 6 nitrogen and oxygen atoms in total. The molecule has 6 atom stereocenters. The summed E-state index contributed by atoms with van der Waals surface area (Å²) in [5.74, 6) is 2.95. The van der Waals surface area contributed by atoms with E-state index >= 15 is 0 Å². The molecule has 206 valence electrons. The van der Waals surface area contributed by atoms with Crippen molar-refractivity contribution < 1.29 is 9.90 Å². The molecule has 3 aliphatic heterocycles. The Morgan fingerprint density at radius 3 is 2.16 bits per heavy atom. The van der Waals surface area contributed by atoms with Crippen molar-refractivity contribution in [3.63, 3.8) is 0 Å². The minimum Gasteiger partial charge on any atom is -0.480 e. The maximum Gasteiger partial charge on any atom is 0.317 e. The topological polar surface area (TPSA) is 61.6 Å². The van der Waals surface area contributed by atoms with Crippen molar-refractivity contribution in [1.29, 1.82) is 0 Å². The highest BCUT2D eigenvalue weighted by molar-refractivity contribution is 5.76. The van der Waals surface area contributed by atoms with E-state index < -0.39 is 5.97 Å². The van der Waals surface area contributed by atoms with Crippen molar-refractivity contribution in [2.75, 3.05) is 19.6 Å². The zero-order valence-electron chi connectivity index (χ0n) is 23.0. The van der Waals surface area contributed by atoms with Crippen molar-refractivity contribution in [3.8, 4) is 0 Å². The molecule has 3 saturated heterocycles. The number of likely N-dealkylation sites (tertiary alicyclic amines) is 1. The molecule has 0 radical (unpaired) electrons. The molecule has 5 fully saturated rings. The monoisotopic (exact) mass is 518 g/mol. The molecule has 7 rings (SSSR count). The quantitative estimate of drug-likeness (QED) is 0.509. The highest BCUT2D eigenvalue weighted by atomic mass is 16.4. The fourth-order valence-electron chi connectivity index (χ4n) is 9.58. The number of carbonyl (C=O) groups is 1. The minimum absolute atomic E-state index is 0.161. The Morgan fingerprint density at radius 1 is 0.789 bits per heavy atom. The molecule has 0 amide bonds. The maximum atomic E-state index is 11.2. The summed E-state index contributed by atoms with van der Waals surface area (Å²) in [4.78, 5) is 21.7. The summed E-state index contributed by atoms with van der Waals surface area (Å²) in [5.41, 5.74) is 2.45. The summed E-state index contributed by atoms with van der Waals surface area (Å²) in [6, 6.07) is 11.6. The lowest BCUT2D eigenvalue weighted by Gasteiger charge is -2.55.